The minimum atomic E-state index is 0.267. The molecule has 0 amide bonds. The molecule has 0 heterocycles. The summed E-state index contributed by atoms with van der Waals surface area (Å²) in [6.45, 7) is 3.36. The molecule has 6 rings (SSSR count). The molecule has 0 atom stereocenters. The third-order valence-corrected chi connectivity index (χ3v) is 6.26. The van der Waals surface area contributed by atoms with E-state index in [4.69, 9.17) is 15.3 Å². The molecule has 0 saturated heterocycles. The van der Waals surface area contributed by atoms with Crippen molar-refractivity contribution in [1.82, 2.24) is 0 Å². The highest BCUT2D eigenvalue weighted by atomic mass is 16.3. The first-order chi connectivity index (χ1) is 8.49. The third-order valence-electron chi connectivity index (χ3n) is 6.26. The average molecular weight is 254 g/mol. The fraction of sp³-hybridized carbons (Fsp3) is 1.00. The largest absolute Gasteiger partial charge is 0.396 e. The highest BCUT2D eigenvalue weighted by Gasteiger charge is 2.67. The second kappa shape index (κ2) is 3.71. The average Bonchev–Trinajstić information content (AvgIpc) is 2.14. The molecule has 0 aromatic rings. The molecule has 3 nitrogen and oxygen atoms in total. The zero-order chi connectivity index (χ0) is 13.1. The first-order valence-corrected chi connectivity index (χ1v) is 7.31. The Morgan fingerprint density at radius 1 is 0.611 bits per heavy atom. The Morgan fingerprint density at radius 3 is 1.11 bits per heavy atom. The normalized spacial score (nSPS) is 54.0. The molecule has 0 aromatic heterocycles. The standard InChI is InChI=1S/C8H14O.C7H12O2/c1-2-7-3-8(4-7,5-7)6-9;8-4-6-1-7(2-6,3-6)5-9/h9H,2-6H2,1H3;8-9H,1-5H2. The van der Waals surface area contributed by atoms with E-state index < -0.39 is 0 Å². The zero-order valence-corrected chi connectivity index (χ0v) is 11.4. The topological polar surface area (TPSA) is 60.7 Å². The first kappa shape index (κ1) is 12.9. The Morgan fingerprint density at radius 2 is 0.889 bits per heavy atom. The van der Waals surface area contributed by atoms with Crippen molar-refractivity contribution in [2.75, 3.05) is 19.8 Å². The molecule has 0 aromatic carbocycles. The van der Waals surface area contributed by atoms with Gasteiger partial charge in [-0.2, -0.15) is 0 Å². The Hall–Kier alpha value is -0.120. The Kier molecular flexibility index (Phi) is 2.66. The van der Waals surface area contributed by atoms with Gasteiger partial charge in [-0.05, 0) is 60.2 Å². The molecular weight excluding hydrogens is 228 g/mol. The van der Waals surface area contributed by atoms with Gasteiger partial charge in [-0.1, -0.05) is 13.3 Å². The van der Waals surface area contributed by atoms with Gasteiger partial charge < -0.3 is 15.3 Å². The van der Waals surface area contributed by atoms with E-state index >= 15 is 0 Å². The van der Waals surface area contributed by atoms with E-state index in [2.05, 4.69) is 6.92 Å². The molecule has 0 aliphatic heterocycles. The maximum atomic E-state index is 8.89. The Bertz CT molecular complexity index is 248. The summed E-state index contributed by atoms with van der Waals surface area (Å²) in [4.78, 5) is 0. The van der Waals surface area contributed by atoms with E-state index in [9.17, 15) is 0 Å². The lowest BCUT2D eigenvalue weighted by molar-refractivity contribution is -0.239. The molecule has 18 heavy (non-hydrogen) atoms. The first-order valence-electron chi connectivity index (χ1n) is 7.31. The van der Waals surface area contributed by atoms with Crippen molar-refractivity contribution >= 4 is 0 Å². The monoisotopic (exact) mass is 254 g/mol. The molecule has 0 unspecified atom stereocenters. The van der Waals surface area contributed by atoms with E-state index in [0.717, 1.165) is 19.3 Å². The summed E-state index contributed by atoms with van der Waals surface area (Å²) in [5.41, 5.74) is 1.67. The van der Waals surface area contributed by atoms with Crippen LogP contribution in [-0.4, -0.2) is 35.1 Å². The molecule has 0 radical (unpaired) electrons. The van der Waals surface area contributed by atoms with Crippen LogP contribution < -0.4 is 0 Å². The van der Waals surface area contributed by atoms with Gasteiger partial charge in [0.1, 0.15) is 0 Å². The van der Waals surface area contributed by atoms with Crippen molar-refractivity contribution in [3.63, 3.8) is 0 Å². The Labute approximate surface area is 109 Å². The van der Waals surface area contributed by atoms with E-state index in [0.29, 0.717) is 30.7 Å². The summed E-state index contributed by atoms with van der Waals surface area (Å²) in [6.07, 6.45) is 8.45. The molecule has 6 saturated carbocycles. The molecule has 6 fully saturated rings. The summed E-state index contributed by atoms with van der Waals surface area (Å²) in [6, 6.07) is 0. The predicted molar refractivity (Wildman–Crippen MR) is 69.0 cm³/mol. The van der Waals surface area contributed by atoms with E-state index in [1.807, 2.05) is 0 Å². The van der Waals surface area contributed by atoms with Crippen molar-refractivity contribution in [3.8, 4) is 0 Å². The molecule has 3 heteroatoms. The van der Waals surface area contributed by atoms with Crippen molar-refractivity contribution in [3.05, 3.63) is 0 Å². The molecular formula is C15H26O3. The van der Waals surface area contributed by atoms with Crippen LogP contribution in [0.2, 0.25) is 0 Å². The molecule has 6 aliphatic carbocycles. The van der Waals surface area contributed by atoms with Crippen LogP contribution in [0.25, 0.3) is 0 Å². The number of rotatable bonds is 4. The van der Waals surface area contributed by atoms with E-state index in [1.165, 1.54) is 25.7 Å². The number of hydrogen-bond donors (Lipinski definition) is 3. The zero-order valence-electron chi connectivity index (χ0n) is 11.4. The van der Waals surface area contributed by atoms with Crippen LogP contribution in [0.1, 0.15) is 51.9 Å². The van der Waals surface area contributed by atoms with Crippen LogP contribution in [0.5, 0.6) is 0 Å². The highest BCUT2D eigenvalue weighted by Crippen LogP contribution is 2.74. The van der Waals surface area contributed by atoms with Crippen molar-refractivity contribution in [1.29, 1.82) is 0 Å². The van der Waals surface area contributed by atoms with E-state index in [-0.39, 0.29) is 10.8 Å². The summed E-state index contributed by atoms with van der Waals surface area (Å²) < 4.78 is 0. The van der Waals surface area contributed by atoms with Crippen LogP contribution >= 0.6 is 0 Å². The third kappa shape index (κ3) is 1.53. The quantitative estimate of drug-likeness (QED) is 0.715. The van der Waals surface area contributed by atoms with Gasteiger partial charge in [0.25, 0.3) is 0 Å². The SMILES string of the molecule is CCC12CC(CO)(C1)C2.OCC12CC(CO)(C1)C2. The lowest BCUT2D eigenvalue weighted by Gasteiger charge is -2.70. The molecule has 6 aliphatic rings. The fourth-order valence-electron chi connectivity index (χ4n) is 5.34. The van der Waals surface area contributed by atoms with Crippen LogP contribution in [0.4, 0.5) is 0 Å². The summed E-state index contributed by atoms with van der Waals surface area (Å²) in [5, 5.41) is 26.5. The minimum Gasteiger partial charge on any atom is -0.396 e. The van der Waals surface area contributed by atoms with Gasteiger partial charge in [0.2, 0.25) is 0 Å². The molecule has 104 valence electrons. The lowest BCUT2D eigenvalue weighted by Crippen LogP contribution is -2.64. The van der Waals surface area contributed by atoms with Gasteiger partial charge in [-0.15, -0.1) is 0 Å². The fourth-order valence-corrected chi connectivity index (χ4v) is 5.34. The van der Waals surface area contributed by atoms with Crippen molar-refractivity contribution in [2.24, 2.45) is 21.7 Å². The van der Waals surface area contributed by atoms with Crippen molar-refractivity contribution in [2.45, 2.75) is 51.9 Å². The Balaban J connectivity index is 0.000000111. The minimum absolute atomic E-state index is 0.267. The van der Waals surface area contributed by atoms with Gasteiger partial charge in [0, 0.05) is 19.8 Å². The van der Waals surface area contributed by atoms with Crippen LogP contribution in [0.3, 0.4) is 0 Å². The highest BCUT2D eigenvalue weighted by molar-refractivity contribution is 5.16. The van der Waals surface area contributed by atoms with Gasteiger partial charge in [0.05, 0.1) is 0 Å². The molecule has 0 spiro atoms. The summed E-state index contributed by atoms with van der Waals surface area (Å²) >= 11 is 0. The molecule has 4 bridgehead atoms. The van der Waals surface area contributed by atoms with Crippen LogP contribution in [0, 0.1) is 21.7 Å². The van der Waals surface area contributed by atoms with E-state index in [1.54, 1.807) is 0 Å². The van der Waals surface area contributed by atoms with Crippen molar-refractivity contribution < 1.29 is 15.3 Å². The van der Waals surface area contributed by atoms with Crippen LogP contribution in [0.15, 0.2) is 0 Å². The second-order valence-corrected chi connectivity index (χ2v) is 7.89. The lowest BCUT2D eigenvalue weighted by atomic mass is 9.35. The number of hydrogen-bond acceptors (Lipinski definition) is 3. The van der Waals surface area contributed by atoms with Crippen LogP contribution in [-0.2, 0) is 0 Å². The van der Waals surface area contributed by atoms with Gasteiger partial charge >= 0.3 is 0 Å². The second-order valence-electron chi connectivity index (χ2n) is 7.89. The summed E-state index contributed by atoms with van der Waals surface area (Å²) in [7, 11) is 0. The molecule has 3 N–H and O–H groups in total. The maximum absolute atomic E-state index is 8.89. The predicted octanol–water partition coefficient (Wildman–Crippen LogP) is 1.70. The van der Waals surface area contributed by atoms with Gasteiger partial charge in [-0.3, -0.25) is 0 Å². The number of aliphatic hydroxyl groups is 3. The van der Waals surface area contributed by atoms with Gasteiger partial charge in [0.15, 0.2) is 0 Å². The van der Waals surface area contributed by atoms with Gasteiger partial charge in [-0.25, -0.2) is 0 Å². The number of aliphatic hydroxyl groups excluding tert-OH is 3. The smallest absolute Gasteiger partial charge is 0.0488 e. The summed E-state index contributed by atoms with van der Waals surface area (Å²) in [5.74, 6) is 0. The maximum Gasteiger partial charge on any atom is 0.0488 e.